The zero-order valence-corrected chi connectivity index (χ0v) is 15.1. The number of amides is 1. The van der Waals surface area contributed by atoms with E-state index < -0.39 is 29.1 Å². The first-order valence-corrected chi connectivity index (χ1v) is 8.31. The molecule has 0 spiro atoms. The molecule has 0 saturated carbocycles. The molecular weight excluding hydrogens is 366 g/mol. The van der Waals surface area contributed by atoms with E-state index in [9.17, 15) is 18.4 Å². The van der Waals surface area contributed by atoms with Gasteiger partial charge in [0.2, 0.25) is 0 Å². The smallest absolute Gasteiger partial charge is 0.337 e. The zero-order valence-electron chi connectivity index (χ0n) is 15.1. The lowest BCUT2D eigenvalue weighted by Crippen LogP contribution is -2.16. The number of nitrogens with one attached hydrogen (secondary N) is 1. The summed E-state index contributed by atoms with van der Waals surface area (Å²) in [5.74, 6) is -3.16. The number of hydrogen-bond acceptors (Lipinski definition) is 4. The fourth-order valence-electron chi connectivity index (χ4n) is 2.70. The molecule has 28 heavy (non-hydrogen) atoms. The van der Waals surface area contributed by atoms with Crippen molar-refractivity contribution in [3.8, 4) is 11.1 Å². The van der Waals surface area contributed by atoms with Gasteiger partial charge in [0.15, 0.2) is 0 Å². The van der Waals surface area contributed by atoms with Crippen LogP contribution in [0.3, 0.4) is 0 Å². The summed E-state index contributed by atoms with van der Waals surface area (Å²) in [6.07, 6.45) is 1.50. The molecule has 0 aliphatic carbocycles. The Labute approximate surface area is 160 Å². The van der Waals surface area contributed by atoms with Crippen molar-refractivity contribution in [3.05, 3.63) is 83.1 Å². The number of carbonyl (C=O) groups excluding carboxylic acids is 2. The number of halogens is 2. The van der Waals surface area contributed by atoms with E-state index in [0.717, 1.165) is 23.3 Å². The molecule has 1 heterocycles. The van der Waals surface area contributed by atoms with E-state index in [4.69, 9.17) is 4.74 Å². The molecule has 1 N–H and O–H groups in total. The fraction of sp³-hybridized carbons (Fsp3) is 0.0952. The Bertz CT molecular complexity index is 1030. The van der Waals surface area contributed by atoms with Gasteiger partial charge in [0.25, 0.3) is 5.91 Å². The van der Waals surface area contributed by atoms with Crippen LogP contribution in [0.5, 0.6) is 0 Å². The van der Waals surface area contributed by atoms with Crippen molar-refractivity contribution >= 4 is 17.7 Å². The molecule has 1 aromatic heterocycles. The fourth-order valence-corrected chi connectivity index (χ4v) is 2.70. The molecule has 0 unspecified atom stereocenters. The van der Waals surface area contributed by atoms with Crippen LogP contribution >= 0.6 is 0 Å². The van der Waals surface area contributed by atoms with Crippen molar-refractivity contribution in [1.29, 1.82) is 0 Å². The van der Waals surface area contributed by atoms with E-state index in [-0.39, 0.29) is 5.82 Å². The first kappa shape index (κ1) is 19.2. The second-order valence-corrected chi connectivity index (χ2v) is 6.00. The summed E-state index contributed by atoms with van der Waals surface area (Å²) in [6, 6.07) is 11.5. The molecular formula is C21H16F2N2O3. The van der Waals surface area contributed by atoms with Gasteiger partial charge in [0.05, 0.1) is 12.7 Å². The Morgan fingerprint density at radius 1 is 1.04 bits per heavy atom. The lowest BCUT2D eigenvalue weighted by Gasteiger charge is -2.10. The quantitative estimate of drug-likeness (QED) is 0.680. The predicted octanol–water partition coefficient (Wildman–Crippen LogP) is 4.37. The normalized spacial score (nSPS) is 10.4. The maximum Gasteiger partial charge on any atom is 0.337 e. The molecule has 0 atom stereocenters. The van der Waals surface area contributed by atoms with Gasteiger partial charge in [-0.3, -0.25) is 4.79 Å². The third-order valence-electron chi connectivity index (χ3n) is 4.16. The molecule has 0 bridgehead atoms. The molecule has 0 fully saturated rings. The van der Waals surface area contributed by atoms with E-state index >= 15 is 0 Å². The van der Waals surface area contributed by atoms with Gasteiger partial charge < -0.3 is 10.1 Å². The molecule has 1 amide bonds. The number of benzene rings is 2. The summed E-state index contributed by atoms with van der Waals surface area (Å²) in [6.45, 7) is 1.88. The third-order valence-corrected chi connectivity index (χ3v) is 4.16. The number of aryl methyl sites for hydroxylation is 1. The number of nitrogens with zero attached hydrogens (tertiary/aromatic N) is 1. The van der Waals surface area contributed by atoms with Crippen molar-refractivity contribution in [2.45, 2.75) is 6.92 Å². The van der Waals surface area contributed by atoms with E-state index in [0.29, 0.717) is 11.1 Å². The van der Waals surface area contributed by atoms with Crippen LogP contribution in [0.2, 0.25) is 0 Å². The number of anilines is 1. The van der Waals surface area contributed by atoms with Crippen LogP contribution in [-0.4, -0.2) is 24.0 Å². The highest BCUT2D eigenvalue weighted by Crippen LogP contribution is 2.25. The molecule has 0 aliphatic rings. The van der Waals surface area contributed by atoms with Gasteiger partial charge in [-0.25, -0.2) is 18.6 Å². The van der Waals surface area contributed by atoms with Crippen molar-refractivity contribution in [1.82, 2.24) is 4.98 Å². The van der Waals surface area contributed by atoms with E-state index in [1.165, 1.54) is 25.4 Å². The summed E-state index contributed by atoms with van der Waals surface area (Å²) < 4.78 is 32.1. The van der Waals surface area contributed by atoms with E-state index in [2.05, 4.69) is 10.3 Å². The topological polar surface area (TPSA) is 68.3 Å². The molecule has 0 saturated heterocycles. The predicted molar refractivity (Wildman–Crippen MR) is 100 cm³/mol. The number of esters is 1. The van der Waals surface area contributed by atoms with Gasteiger partial charge in [-0.15, -0.1) is 0 Å². The number of pyridine rings is 1. The Morgan fingerprint density at radius 3 is 2.36 bits per heavy atom. The zero-order chi connectivity index (χ0) is 20.3. The van der Waals surface area contributed by atoms with Gasteiger partial charge in [0.1, 0.15) is 23.0 Å². The van der Waals surface area contributed by atoms with Crippen LogP contribution in [0.4, 0.5) is 14.6 Å². The second kappa shape index (κ2) is 7.96. The summed E-state index contributed by atoms with van der Waals surface area (Å²) in [5.41, 5.74) is 2.12. The molecule has 2 aromatic carbocycles. The van der Waals surface area contributed by atoms with Crippen LogP contribution in [0, 0.1) is 18.6 Å². The van der Waals surface area contributed by atoms with Gasteiger partial charge >= 0.3 is 5.97 Å². The summed E-state index contributed by atoms with van der Waals surface area (Å²) >= 11 is 0. The minimum Gasteiger partial charge on any atom is -0.465 e. The Kier molecular flexibility index (Phi) is 5.44. The van der Waals surface area contributed by atoms with Gasteiger partial charge in [-0.2, -0.15) is 0 Å². The number of ether oxygens (including phenoxy) is 1. The third kappa shape index (κ3) is 3.88. The molecule has 3 aromatic rings. The van der Waals surface area contributed by atoms with Crippen molar-refractivity contribution in [2.75, 3.05) is 12.4 Å². The summed E-state index contributed by atoms with van der Waals surface area (Å²) in [4.78, 5) is 28.0. The monoisotopic (exact) mass is 382 g/mol. The van der Waals surface area contributed by atoms with Gasteiger partial charge in [0, 0.05) is 11.8 Å². The van der Waals surface area contributed by atoms with Crippen molar-refractivity contribution in [2.24, 2.45) is 0 Å². The highest BCUT2D eigenvalue weighted by atomic mass is 19.1. The standard InChI is InChI=1S/C21H16F2N2O3/c1-12-6-7-13(21(27)28-2)10-15(12)14-8-9-18(24-11-14)25-20(26)19-16(22)4-3-5-17(19)23/h3-11H,1-2H3,(H,24,25,26). The Hall–Kier alpha value is -3.61. The van der Waals surface area contributed by atoms with Crippen LogP contribution in [0.25, 0.3) is 11.1 Å². The number of methoxy groups -OCH3 is 1. The largest absolute Gasteiger partial charge is 0.465 e. The molecule has 5 nitrogen and oxygen atoms in total. The van der Waals surface area contributed by atoms with Crippen LogP contribution in [0.1, 0.15) is 26.3 Å². The van der Waals surface area contributed by atoms with E-state index in [1.807, 2.05) is 6.92 Å². The first-order chi connectivity index (χ1) is 13.4. The SMILES string of the molecule is COC(=O)c1ccc(C)c(-c2ccc(NC(=O)c3c(F)cccc3F)nc2)c1. The van der Waals surface area contributed by atoms with Crippen molar-refractivity contribution < 1.29 is 23.1 Å². The summed E-state index contributed by atoms with van der Waals surface area (Å²) in [5, 5.41) is 2.37. The number of hydrogen-bond donors (Lipinski definition) is 1. The first-order valence-electron chi connectivity index (χ1n) is 8.31. The number of aromatic nitrogens is 1. The minimum absolute atomic E-state index is 0.137. The average Bonchev–Trinajstić information content (AvgIpc) is 2.68. The molecule has 3 rings (SSSR count). The van der Waals surface area contributed by atoms with E-state index in [1.54, 1.807) is 24.3 Å². The van der Waals surface area contributed by atoms with Crippen molar-refractivity contribution in [3.63, 3.8) is 0 Å². The molecule has 7 heteroatoms. The lowest BCUT2D eigenvalue weighted by molar-refractivity contribution is 0.0600. The minimum atomic E-state index is -0.954. The van der Waals surface area contributed by atoms with Crippen LogP contribution in [-0.2, 0) is 4.74 Å². The molecule has 0 aliphatic heterocycles. The molecule has 0 radical (unpaired) electrons. The second-order valence-electron chi connectivity index (χ2n) is 6.00. The van der Waals surface area contributed by atoms with Gasteiger partial charge in [-0.1, -0.05) is 12.1 Å². The molecule has 142 valence electrons. The Balaban J connectivity index is 1.85. The highest BCUT2D eigenvalue weighted by Gasteiger charge is 2.17. The maximum absolute atomic E-state index is 13.7. The summed E-state index contributed by atoms with van der Waals surface area (Å²) in [7, 11) is 1.30. The maximum atomic E-state index is 13.7. The number of rotatable bonds is 4. The average molecular weight is 382 g/mol. The van der Waals surface area contributed by atoms with Crippen LogP contribution < -0.4 is 5.32 Å². The number of carbonyl (C=O) groups is 2. The van der Waals surface area contributed by atoms with Crippen LogP contribution in [0.15, 0.2) is 54.7 Å². The van der Waals surface area contributed by atoms with Gasteiger partial charge in [-0.05, 0) is 54.4 Å². The Morgan fingerprint density at radius 2 is 1.75 bits per heavy atom. The lowest BCUT2D eigenvalue weighted by atomic mass is 9.99. The highest BCUT2D eigenvalue weighted by molar-refractivity contribution is 6.04.